The zero-order chi connectivity index (χ0) is 21.2. The van der Waals surface area contributed by atoms with E-state index >= 15 is 0 Å². The fraction of sp³-hybridized carbons (Fsp3) is 0.478. The van der Waals surface area contributed by atoms with Crippen LogP contribution < -0.4 is 10.1 Å². The highest BCUT2D eigenvalue weighted by molar-refractivity contribution is 5.91. The Morgan fingerprint density at radius 3 is 2.57 bits per heavy atom. The van der Waals surface area contributed by atoms with Crippen LogP contribution in [-0.4, -0.2) is 78.1 Å². The number of urea groups is 1. The third-order valence-corrected chi connectivity index (χ3v) is 5.48. The number of amides is 2. The Kier molecular flexibility index (Phi) is 8.47. The van der Waals surface area contributed by atoms with E-state index < -0.39 is 0 Å². The predicted molar refractivity (Wildman–Crippen MR) is 120 cm³/mol. The summed E-state index contributed by atoms with van der Waals surface area (Å²) in [7, 11) is 0. The summed E-state index contributed by atoms with van der Waals surface area (Å²) in [5, 5.41) is 3.03. The van der Waals surface area contributed by atoms with Crippen LogP contribution in [0, 0.1) is 0 Å². The van der Waals surface area contributed by atoms with Gasteiger partial charge in [0.15, 0.2) is 0 Å². The molecule has 2 aromatic rings. The summed E-state index contributed by atoms with van der Waals surface area (Å²) in [4.78, 5) is 23.5. The van der Waals surface area contributed by atoms with Crippen LogP contribution in [0.5, 0.6) is 5.75 Å². The number of ether oxygens (including phenoxy) is 1. The normalized spacial score (nSPS) is 14.7. The first-order valence-corrected chi connectivity index (χ1v) is 10.8. The molecule has 1 aromatic carbocycles. The molecule has 2 heterocycles. The zero-order valence-corrected chi connectivity index (χ0v) is 18.1. The Morgan fingerprint density at radius 2 is 1.87 bits per heavy atom. The molecule has 30 heavy (non-hydrogen) atoms. The van der Waals surface area contributed by atoms with E-state index in [0.29, 0.717) is 25.4 Å². The van der Waals surface area contributed by atoms with Gasteiger partial charge in [0.25, 0.3) is 0 Å². The number of anilines is 1. The number of hydrogen-bond acceptors (Lipinski definition) is 5. The molecule has 0 atom stereocenters. The van der Waals surface area contributed by atoms with E-state index in [-0.39, 0.29) is 6.03 Å². The standard InChI is InChI=1S/C23H33N5O2/c1-3-26(4-2)16-17-30-22-10-6-5-9-21(22)25-23(29)28-14-12-27(13-15-28)19-20-8-7-11-24-18-20/h5-11,18H,3-4,12-17,19H2,1-2H3,(H,25,29). The fourth-order valence-corrected chi connectivity index (χ4v) is 3.57. The van der Waals surface area contributed by atoms with Crippen molar-refractivity contribution < 1.29 is 9.53 Å². The average molecular weight is 412 g/mol. The van der Waals surface area contributed by atoms with Crippen LogP contribution in [0.25, 0.3) is 0 Å². The van der Waals surface area contributed by atoms with Crippen molar-refractivity contribution in [2.45, 2.75) is 20.4 Å². The number of rotatable bonds is 9. The van der Waals surface area contributed by atoms with E-state index in [1.807, 2.05) is 41.4 Å². The molecule has 162 valence electrons. The molecule has 3 rings (SSSR count). The molecule has 1 N–H and O–H groups in total. The first-order chi connectivity index (χ1) is 14.7. The van der Waals surface area contributed by atoms with E-state index in [0.717, 1.165) is 45.0 Å². The Morgan fingerprint density at radius 1 is 1.10 bits per heavy atom. The lowest BCUT2D eigenvalue weighted by atomic mass is 10.2. The maximum Gasteiger partial charge on any atom is 0.322 e. The van der Waals surface area contributed by atoms with E-state index in [9.17, 15) is 4.79 Å². The Labute approximate surface area is 179 Å². The van der Waals surface area contributed by atoms with Gasteiger partial charge in [0.1, 0.15) is 12.4 Å². The molecule has 7 heteroatoms. The van der Waals surface area contributed by atoms with Crippen molar-refractivity contribution in [1.82, 2.24) is 19.7 Å². The summed E-state index contributed by atoms with van der Waals surface area (Å²) in [6, 6.07) is 11.6. The summed E-state index contributed by atoms with van der Waals surface area (Å²) in [6.45, 7) is 11.8. The van der Waals surface area contributed by atoms with Gasteiger partial charge in [-0.3, -0.25) is 9.88 Å². The van der Waals surface area contributed by atoms with Crippen LogP contribution in [0.1, 0.15) is 19.4 Å². The van der Waals surface area contributed by atoms with Crippen molar-refractivity contribution in [3.8, 4) is 5.75 Å². The average Bonchev–Trinajstić information content (AvgIpc) is 2.79. The number of para-hydroxylation sites is 2. The number of nitrogens with zero attached hydrogens (tertiary/aromatic N) is 4. The van der Waals surface area contributed by atoms with E-state index in [4.69, 9.17) is 4.74 Å². The van der Waals surface area contributed by atoms with Crippen molar-refractivity contribution in [2.24, 2.45) is 0 Å². The number of nitrogens with one attached hydrogen (secondary N) is 1. The highest BCUT2D eigenvalue weighted by Crippen LogP contribution is 2.24. The predicted octanol–water partition coefficient (Wildman–Crippen LogP) is 3.15. The number of likely N-dealkylation sites (N-methyl/N-ethyl adjacent to an activating group) is 1. The van der Waals surface area contributed by atoms with Crippen molar-refractivity contribution >= 4 is 11.7 Å². The van der Waals surface area contributed by atoms with Crippen LogP contribution in [0.3, 0.4) is 0 Å². The minimum absolute atomic E-state index is 0.0733. The molecule has 1 aromatic heterocycles. The van der Waals surface area contributed by atoms with Crippen molar-refractivity contribution in [3.63, 3.8) is 0 Å². The highest BCUT2D eigenvalue weighted by Gasteiger charge is 2.22. The molecule has 1 aliphatic rings. The smallest absolute Gasteiger partial charge is 0.322 e. The first-order valence-electron chi connectivity index (χ1n) is 10.8. The summed E-state index contributed by atoms with van der Waals surface area (Å²) in [6.07, 6.45) is 3.69. The van der Waals surface area contributed by atoms with Gasteiger partial charge in [-0.05, 0) is 36.9 Å². The molecule has 1 aliphatic heterocycles. The fourth-order valence-electron chi connectivity index (χ4n) is 3.57. The molecule has 0 radical (unpaired) electrons. The van der Waals surface area contributed by atoms with Crippen LogP contribution in [-0.2, 0) is 6.54 Å². The largest absolute Gasteiger partial charge is 0.490 e. The lowest BCUT2D eigenvalue weighted by Crippen LogP contribution is -2.49. The van der Waals surface area contributed by atoms with Gasteiger partial charge < -0.3 is 19.9 Å². The van der Waals surface area contributed by atoms with E-state index in [1.165, 1.54) is 5.56 Å². The maximum absolute atomic E-state index is 12.8. The summed E-state index contributed by atoms with van der Waals surface area (Å²) < 4.78 is 5.95. The molecule has 1 fully saturated rings. The number of pyridine rings is 1. The van der Waals surface area contributed by atoms with Crippen LogP contribution in [0.15, 0.2) is 48.8 Å². The second kappa shape index (κ2) is 11.5. The molecule has 0 aliphatic carbocycles. The van der Waals surface area contributed by atoms with Gasteiger partial charge in [0, 0.05) is 51.7 Å². The molecule has 0 bridgehead atoms. The van der Waals surface area contributed by atoms with Gasteiger partial charge in [0.05, 0.1) is 5.69 Å². The third-order valence-electron chi connectivity index (χ3n) is 5.48. The van der Waals surface area contributed by atoms with Gasteiger partial charge in [0.2, 0.25) is 0 Å². The first kappa shape index (κ1) is 22.1. The van der Waals surface area contributed by atoms with Crippen LogP contribution in [0.2, 0.25) is 0 Å². The van der Waals surface area contributed by atoms with Crippen LogP contribution >= 0.6 is 0 Å². The van der Waals surface area contributed by atoms with Crippen molar-refractivity contribution in [3.05, 3.63) is 54.4 Å². The molecule has 7 nitrogen and oxygen atoms in total. The van der Waals surface area contributed by atoms with Gasteiger partial charge >= 0.3 is 6.03 Å². The molecule has 0 spiro atoms. The number of hydrogen-bond donors (Lipinski definition) is 1. The summed E-state index contributed by atoms with van der Waals surface area (Å²) in [5.41, 5.74) is 1.92. The van der Waals surface area contributed by atoms with Crippen LogP contribution in [0.4, 0.5) is 10.5 Å². The third kappa shape index (κ3) is 6.43. The highest BCUT2D eigenvalue weighted by atomic mass is 16.5. The van der Waals surface area contributed by atoms with Crippen molar-refractivity contribution in [1.29, 1.82) is 0 Å². The van der Waals surface area contributed by atoms with E-state index in [2.05, 4.69) is 40.0 Å². The molecular formula is C23H33N5O2. The Hall–Kier alpha value is -2.64. The Bertz CT molecular complexity index is 774. The quantitative estimate of drug-likeness (QED) is 0.687. The second-order valence-electron chi connectivity index (χ2n) is 7.43. The second-order valence-corrected chi connectivity index (χ2v) is 7.43. The molecule has 0 saturated carbocycles. The lowest BCUT2D eigenvalue weighted by molar-refractivity contribution is 0.143. The molecular weight excluding hydrogens is 378 g/mol. The monoisotopic (exact) mass is 411 g/mol. The molecule has 1 saturated heterocycles. The van der Waals surface area contributed by atoms with Gasteiger partial charge in [-0.25, -0.2) is 4.79 Å². The number of aromatic nitrogens is 1. The van der Waals surface area contributed by atoms with Crippen molar-refractivity contribution in [2.75, 3.05) is 57.7 Å². The Balaban J connectivity index is 1.48. The maximum atomic E-state index is 12.8. The summed E-state index contributed by atoms with van der Waals surface area (Å²) >= 11 is 0. The SMILES string of the molecule is CCN(CC)CCOc1ccccc1NC(=O)N1CCN(Cc2cccnc2)CC1. The number of carbonyl (C=O) groups is 1. The zero-order valence-electron chi connectivity index (χ0n) is 18.1. The number of benzene rings is 1. The molecule has 2 amide bonds. The minimum atomic E-state index is -0.0733. The molecule has 0 unspecified atom stereocenters. The topological polar surface area (TPSA) is 60.9 Å². The van der Waals surface area contributed by atoms with Gasteiger partial charge in [-0.15, -0.1) is 0 Å². The van der Waals surface area contributed by atoms with E-state index in [1.54, 1.807) is 6.20 Å². The number of piperazine rings is 1. The van der Waals surface area contributed by atoms with Gasteiger partial charge in [-0.1, -0.05) is 32.0 Å². The summed E-state index contributed by atoms with van der Waals surface area (Å²) in [5.74, 6) is 0.716. The minimum Gasteiger partial charge on any atom is -0.490 e. The van der Waals surface area contributed by atoms with Gasteiger partial charge in [-0.2, -0.15) is 0 Å². The lowest BCUT2D eigenvalue weighted by Gasteiger charge is -2.34. The number of carbonyl (C=O) groups excluding carboxylic acids is 1.